The minimum absolute atomic E-state index is 0.0757. The first-order valence-corrected chi connectivity index (χ1v) is 7.67. The summed E-state index contributed by atoms with van der Waals surface area (Å²) >= 11 is 0. The molecule has 0 amide bonds. The SMILES string of the molecule is Cc1c(C(C)NCc2ccc(S(N)(=O)=O)o2)cnn1C. The molecule has 2 aromatic heterocycles. The van der Waals surface area contributed by atoms with E-state index in [0.717, 1.165) is 11.3 Å². The van der Waals surface area contributed by atoms with E-state index in [-0.39, 0.29) is 11.1 Å². The number of primary sulfonamides is 1. The molecule has 8 heteroatoms. The Hall–Kier alpha value is -1.64. The molecule has 0 fully saturated rings. The smallest absolute Gasteiger partial charge is 0.271 e. The summed E-state index contributed by atoms with van der Waals surface area (Å²) in [7, 11) is -1.90. The summed E-state index contributed by atoms with van der Waals surface area (Å²) < 4.78 is 29.2. The quantitative estimate of drug-likeness (QED) is 0.850. The van der Waals surface area contributed by atoms with Gasteiger partial charge in [-0.05, 0) is 26.0 Å². The van der Waals surface area contributed by atoms with Gasteiger partial charge in [-0.15, -0.1) is 0 Å². The van der Waals surface area contributed by atoms with Crippen LogP contribution in [0.3, 0.4) is 0 Å². The molecule has 2 heterocycles. The van der Waals surface area contributed by atoms with Gasteiger partial charge in [0, 0.05) is 24.3 Å². The molecule has 0 saturated carbocycles. The molecule has 0 aliphatic carbocycles. The second-order valence-electron chi connectivity index (χ2n) is 4.68. The molecule has 2 aromatic rings. The molecule has 1 unspecified atom stereocenters. The Morgan fingerprint density at radius 3 is 2.70 bits per heavy atom. The van der Waals surface area contributed by atoms with Crippen molar-refractivity contribution in [1.29, 1.82) is 0 Å². The summed E-state index contributed by atoms with van der Waals surface area (Å²) in [6.45, 7) is 4.41. The number of nitrogens with one attached hydrogen (secondary N) is 1. The largest absolute Gasteiger partial charge is 0.447 e. The lowest BCUT2D eigenvalue weighted by Crippen LogP contribution is -2.18. The van der Waals surface area contributed by atoms with Gasteiger partial charge in [-0.3, -0.25) is 4.68 Å². The maximum absolute atomic E-state index is 11.1. The molecule has 0 bridgehead atoms. The molecular formula is C12H18N4O3S. The van der Waals surface area contributed by atoms with Crippen molar-refractivity contribution in [2.75, 3.05) is 0 Å². The lowest BCUT2D eigenvalue weighted by atomic mass is 10.1. The molecule has 7 nitrogen and oxygen atoms in total. The predicted molar refractivity (Wildman–Crippen MR) is 73.3 cm³/mol. The van der Waals surface area contributed by atoms with E-state index < -0.39 is 10.0 Å². The fourth-order valence-electron chi connectivity index (χ4n) is 1.91. The standard InChI is InChI=1S/C12H18N4O3S/c1-8(11-7-15-16(3)9(11)2)14-6-10-4-5-12(19-10)20(13,17)18/h4-5,7-8,14H,6H2,1-3H3,(H2,13,17,18). The maximum Gasteiger partial charge on any atom is 0.271 e. The number of hydrogen-bond donors (Lipinski definition) is 2. The molecule has 0 radical (unpaired) electrons. The Balaban J connectivity index is 2.02. The van der Waals surface area contributed by atoms with Crippen molar-refractivity contribution in [3.63, 3.8) is 0 Å². The van der Waals surface area contributed by atoms with Crippen molar-refractivity contribution in [3.05, 3.63) is 35.3 Å². The van der Waals surface area contributed by atoms with Crippen LogP contribution in [-0.4, -0.2) is 18.2 Å². The minimum Gasteiger partial charge on any atom is -0.447 e. The first kappa shape index (κ1) is 14.8. The summed E-state index contributed by atoms with van der Waals surface area (Å²) in [5.41, 5.74) is 2.17. The third-order valence-corrected chi connectivity index (χ3v) is 4.02. The van der Waals surface area contributed by atoms with Crippen LogP contribution in [0.2, 0.25) is 0 Å². The molecule has 0 aliphatic rings. The van der Waals surface area contributed by atoms with Crippen LogP contribution in [0.1, 0.15) is 30.0 Å². The van der Waals surface area contributed by atoms with Crippen LogP contribution in [0.15, 0.2) is 27.8 Å². The second-order valence-corrected chi connectivity index (χ2v) is 6.17. The first-order valence-electron chi connectivity index (χ1n) is 6.12. The van der Waals surface area contributed by atoms with Crippen molar-refractivity contribution in [2.24, 2.45) is 12.2 Å². The molecule has 0 aromatic carbocycles. The van der Waals surface area contributed by atoms with E-state index >= 15 is 0 Å². The molecule has 110 valence electrons. The van der Waals surface area contributed by atoms with E-state index in [2.05, 4.69) is 10.4 Å². The molecule has 20 heavy (non-hydrogen) atoms. The lowest BCUT2D eigenvalue weighted by molar-refractivity contribution is 0.393. The number of sulfonamides is 1. The van der Waals surface area contributed by atoms with E-state index in [4.69, 9.17) is 9.56 Å². The van der Waals surface area contributed by atoms with Crippen molar-refractivity contribution >= 4 is 10.0 Å². The van der Waals surface area contributed by atoms with Gasteiger partial charge in [0.1, 0.15) is 5.76 Å². The highest BCUT2D eigenvalue weighted by atomic mass is 32.2. The Bertz CT molecular complexity index is 702. The van der Waals surface area contributed by atoms with E-state index in [1.807, 2.05) is 27.1 Å². The monoisotopic (exact) mass is 298 g/mol. The number of rotatable bonds is 5. The topological polar surface area (TPSA) is 103 Å². The number of nitrogens with two attached hydrogens (primary N) is 1. The number of aromatic nitrogens is 2. The highest BCUT2D eigenvalue weighted by molar-refractivity contribution is 7.89. The molecule has 1 atom stereocenters. The Kier molecular flexibility index (Phi) is 3.98. The zero-order valence-corrected chi connectivity index (χ0v) is 12.4. The third-order valence-electron chi connectivity index (χ3n) is 3.24. The normalized spacial score (nSPS) is 13.6. The van der Waals surface area contributed by atoms with Gasteiger partial charge in [0.15, 0.2) is 0 Å². The van der Waals surface area contributed by atoms with E-state index in [0.29, 0.717) is 12.3 Å². The number of nitrogens with zero attached hydrogens (tertiary/aromatic N) is 2. The van der Waals surface area contributed by atoms with Crippen LogP contribution in [0.5, 0.6) is 0 Å². The second kappa shape index (κ2) is 5.39. The van der Waals surface area contributed by atoms with E-state index in [1.165, 1.54) is 6.07 Å². The molecule has 2 rings (SSSR count). The van der Waals surface area contributed by atoms with Gasteiger partial charge in [-0.2, -0.15) is 5.10 Å². The summed E-state index contributed by atoms with van der Waals surface area (Å²) in [5.74, 6) is 0.516. The van der Waals surface area contributed by atoms with E-state index in [9.17, 15) is 8.42 Å². The molecule has 3 N–H and O–H groups in total. The summed E-state index contributed by atoms with van der Waals surface area (Å²) in [5, 5.41) is 12.2. The van der Waals surface area contributed by atoms with Gasteiger partial charge in [0.25, 0.3) is 10.0 Å². The van der Waals surface area contributed by atoms with Gasteiger partial charge >= 0.3 is 0 Å². The highest BCUT2D eigenvalue weighted by Crippen LogP contribution is 2.18. The van der Waals surface area contributed by atoms with Crippen LogP contribution in [0, 0.1) is 6.92 Å². The van der Waals surface area contributed by atoms with Gasteiger partial charge in [-0.1, -0.05) is 0 Å². The van der Waals surface area contributed by atoms with Crippen molar-refractivity contribution in [2.45, 2.75) is 31.5 Å². The zero-order valence-electron chi connectivity index (χ0n) is 11.6. The Labute approximate surface area is 117 Å². The first-order chi connectivity index (χ1) is 9.29. The molecule has 0 spiro atoms. The van der Waals surface area contributed by atoms with Gasteiger partial charge in [0.2, 0.25) is 5.09 Å². The van der Waals surface area contributed by atoms with Crippen LogP contribution >= 0.6 is 0 Å². The summed E-state index contributed by atoms with van der Waals surface area (Å²) in [4.78, 5) is 0. The average molecular weight is 298 g/mol. The predicted octanol–water partition coefficient (Wildman–Crippen LogP) is 0.820. The average Bonchev–Trinajstić information content (AvgIpc) is 2.95. The van der Waals surface area contributed by atoms with E-state index in [1.54, 1.807) is 10.7 Å². The number of aryl methyl sites for hydroxylation is 1. The number of hydrogen-bond acceptors (Lipinski definition) is 5. The Morgan fingerprint density at radius 2 is 2.20 bits per heavy atom. The lowest BCUT2D eigenvalue weighted by Gasteiger charge is -2.12. The molecule has 0 saturated heterocycles. The third kappa shape index (κ3) is 3.09. The van der Waals surface area contributed by atoms with Crippen LogP contribution in [0.25, 0.3) is 0 Å². The molecule has 0 aliphatic heterocycles. The van der Waals surface area contributed by atoms with Crippen molar-refractivity contribution in [3.8, 4) is 0 Å². The fourth-order valence-corrected chi connectivity index (χ4v) is 2.39. The fraction of sp³-hybridized carbons (Fsp3) is 0.417. The molecular weight excluding hydrogens is 280 g/mol. The van der Waals surface area contributed by atoms with Gasteiger partial charge < -0.3 is 9.73 Å². The highest BCUT2D eigenvalue weighted by Gasteiger charge is 2.15. The minimum atomic E-state index is -3.78. The Morgan fingerprint density at radius 1 is 1.50 bits per heavy atom. The summed E-state index contributed by atoms with van der Waals surface area (Å²) in [6.07, 6.45) is 1.81. The van der Waals surface area contributed by atoms with Crippen LogP contribution < -0.4 is 10.5 Å². The van der Waals surface area contributed by atoms with Gasteiger partial charge in [-0.25, -0.2) is 13.6 Å². The number of furan rings is 1. The summed E-state index contributed by atoms with van der Waals surface area (Å²) in [6, 6.07) is 3.02. The van der Waals surface area contributed by atoms with Crippen molar-refractivity contribution < 1.29 is 12.8 Å². The van der Waals surface area contributed by atoms with Crippen molar-refractivity contribution in [1.82, 2.24) is 15.1 Å². The zero-order chi connectivity index (χ0) is 14.9. The van der Waals surface area contributed by atoms with Crippen LogP contribution in [-0.2, 0) is 23.6 Å². The van der Waals surface area contributed by atoms with Gasteiger partial charge in [0.05, 0.1) is 12.7 Å². The van der Waals surface area contributed by atoms with Crippen LogP contribution in [0.4, 0.5) is 0 Å². The maximum atomic E-state index is 11.1.